The standard InChI is InChI=1S/C21H21N3O2/c1-2-3-11-24-13-18(17-9-10-22-19(17)21(24)26)14-5-4-6-15(12-14)20(25)23-16-7-8-16/h2-6,9-10,12-13,16,19H,7-8,11H2,1H3,(H,23,25)/p+1. The molecule has 0 spiro atoms. The van der Waals surface area contributed by atoms with Gasteiger partial charge in [-0.15, -0.1) is 0 Å². The predicted octanol–water partition coefficient (Wildman–Crippen LogP) is 0.798. The van der Waals surface area contributed by atoms with Crippen molar-refractivity contribution in [2.24, 2.45) is 0 Å². The van der Waals surface area contributed by atoms with Gasteiger partial charge < -0.3 is 10.2 Å². The Balaban J connectivity index is 1.68. The number of nitrogens with zero attached hydrogens (tertiary/aromatic N) is 1. The van der Waals surface area contributed by atoms with Crippen LogP contribution in [0.1, 0.15) is 35.7 Å². The summed E-state index contributed by atoms with van der Waals surface area (Å²) in [6.45, 7) is 2.47. The lowest BCUT2D eigenvalue weighted by molar-refractivity contribution is -0.467. The Labute approximate surface area is 152 Å². The zero-order valence-corrected chi connectivity index (χ0v) is 14.7. The first kappa shape index (κ1) is 16.5. The highest BCUT2D eigenvalue weighted by atomic mass is 16.2. The van der Waals surface area contributed by atoms with Crippen LogP contribution >= 0.6 is 0 Å². The van der Waals surface area contributed by atoms with Crippen molar-refractivity contribution in [1.82, 2.24) is 10.2 Å². The molecule has 3 aliphatic rings. The Morgan fingerprint density at radius 2 is 2.23 bits per heavy atom. The molecular weight excluding hydrogens is 326 g/mol. The molecule has 1 aromatic carbocycles. The maximum absolute atomic E-state index is 12.7. The van der Waals surface area contributed by atoms with Crippen molar-refractivity contribution in [2.45, 2.75) is 31.8 Å². The molecule has 2 amide bonds. The number of amides is 2. The molecular formula is C21H22N3O2+. The van der Waals surface area contributed by atoms with E-state index in [1.165, 1.54) is 0 Å². The molecule has 1 aromatic rings. The van der Waals surface area contributed by atoms with Crippen molar-refractivity contribution in [3.8, 4) is 0 Å². The summed E-state index contributed by atoms with van der Waals surface area (Å²) in [5, 5.41) is 3.03. The molecule has 1 fully saturated rings. The van der Waals surface area contributed by atoms with Gasteiger partial charge in [-0.25, -0.2) is 4.99 Å². The van der Waals surface area contributed by atoms with Crippen LogP contribution in [0.3, 0.4) is 0 Å². The lowest BCUT2D eigenvalue weighted by Crippen LogP contribution is -2.79. The Hall–Kier alpha value is -2.95. The summed E-state index contributed by atoms with van der Waals surface area (Å²) in [6.07, 6.45) is 11.7. The zero-order valence-electron chi connectivity index (χ0n) is 14.7. The first-order chi connectivity index (χ1) is 12.7. The summed E-state index contributed by atoms with van der Waals surface area (Å²) >= 11 is 0. The molecule has 1 atom stereocenters. The van der Waals surface area contributed by atoms with Crippen LogP contribution in [0.4, 0.5) is 0 Å². The highest BCUT2D eigenvalue weighted by Gasteiger charge is 2.39. The molecule has 1 aliphatic carbocycles. The van der Waals surface area contributed by atoms with Gasteiger partial charge in [-0.3, -0.25) is 9.59 Å². The van der Waals surface area contributed by atoms with E-state index in [4.69, 9.17) is 0 Å². The minimum Gasteiger partial charge on any atom is -0.349 e. The van der Waals surface area contributed by atoms with E-state index in [1.54, 1.807) is 4.90 Å². The third-order valence-electron chi connectivity index (χ3n) is 4.85. The van der Waals surface area contributed by atoms with Gasteiger partial charge in [-0.1, -0.05) is 24.3 Å². The molecule has 0 aromatic heterocycles. The number of hydrogen-bond donors (Lipinski definition) is 2. The smallest absolute Gasteiger partial charge is 0.300 e. The topological polar surface area (TPSA) is 63.4 Å². The third kappa shape index (κ3) is 3.12. The van der Waals surface area contributed by atoms with Crippen LogP contribution in [0.25, 0.3) is 5.57 Å². The number of carbonyl (C=O) groups excluding carboxylic acids is 2. The van der Waals surface area contributed by atoms with Gasteiger partial charge in [0.25, 0.3) is 17.9 Å². The molecule has 2 N–H and O–H groups in total. The highest BCUT2D eigenvalue weighted by molar-refractivity contribution is 6.02. The molecule has 26 heavy (non-hydrogen) atoms. The monoisotopic (exact) mass is 348 g/mol. The van der Waals surface area contributed by atoms with Gasteiger partial charge in [0.2, 0.25) is 0 Å². The molecule has 2 aliphatic heterocycles. The van der Waals surface area contributed by atoms with E-state index in [0.717, 1.165) is 29.6 Å². The fourth-order valence-electron chi connectivity index (χ4n) is 3.26. The van der Waals surface area contributed by atoms with Gasteiger partial charge in [0.05, 0.1) is 0 Å². The number of nitrogens with one attached hydrogen (secondary N) is 2. The van der Waals surface area contributed by atoms with Crippen molar-refractivity contribution >= 4 is 23.6 Å². The van der Waals surface area contributed by atoms with Crippen LogP contribution in [0.5, 0.6) is 0 Å². The van der Waals surface area contributed by atoms with Gasteiger partial charge in [-0.2, -0.15) is 0 Å². The number of hydrogen-bond acceptors (Lipinski definition) is 2. The van der Waals surface area contributed by atoms with Crippen molar-refractivity contribution in [3.63, 3.8) is 0 Å². The largest absolute Gasteiger partial charge is 0.349 e. The summed E-state index contributed by atoms with van der Waals surface area (Å²) in [4.78, 5) is 29.9. The molecule has 1 saturated carbocycles. The molecule has 5 nitrogen and oxygen atoms in total. The molecule has 0 bridgehead atoms. The van der Waals surface area contributed by atoms with E-state index in [2.05, 4.69) is 10.3 Å². The first-order valence-corrected chi connectivity index (χ1v) is 9.02. The van der Waals surface area contributed by atoms with Crippen molar-refractivity contribution in [2.75, 3.05) is 6.54 Å². The molecule has 0 radical (unpaired) electrons. The number of benzene rings is 1. The predicted molar refractivity (Wildman–Crippen MR) is 100 cm³/mol. The quantitative estimate of drug-likeness (QED) is 0.773. The van der Waals surface area contributed by atoms with Crippen LogP contribution in [-0.2, 0) is 4.79 Å². The van der Waals surface area contributed by atoms with Crippen LogP contribution in [-0.4, -0.2) is 41.6 Å². The van der Waals surface area contributed by atoms with Crippen molar-refractivity contribution in [1.29, 1.82) is 0 Å². The highest BCUT2D eigenvalue weighted by Crippen LogP contribution is 2.31. The summed E-state index contributed by atoms with van der Waals surface area (Å²) in [6, 6.07) is 7.59. The molecule has 132 valence electrons. The zero-order chi connectivity index (χ0) is 18.1. The molecule has 2 heterocycles. The van der Waals surface area contributed by atoms with Gasteiger partial charge in [0, 0.05) is 41.6 Å². The van der Waals surface area contributed by atoms with Gasteiger partial charge >= 0.3 is 0 Å². The van der Waals surface area contributed by atoms with E-state index >= 15 is 0 Å². The fraction of sp³-hybridized carbons (Fsp3) is 0.286. The molecule has 1 unspecified atom stereocenters. The van der Waals surface area contributed by atoms with Gasteiger partial charge in [-0.05, 0) is 37.5 Å². The summed E-state index contributed by atoms with van der Waals surface area (Å²) in [5.74, 6) is 0.00345. The third-order valence-corrected chi connectivity index (χ3v) is 4.85. The van der Waals surface area contributed by atoms with E-state index in [9.17, 15) is 9.59 Å². The average Bonchev–Trinajstić information content (AvgIpc) is 3.33. The lowest BCUT2D eigenvalue weighted by Gasteiger charge is -2.26. The average molecular weight is 348 g/mol. The van der Waals surface area contributed by atoms with Crippen LogP contribution < -0.4 is 10.3 Å². The maximum atomic E-state index is 12.7. The van der Waals surface area contributed by atoms with E-state index in [0.29, 0.717) is 18.2 Å². The summed E-state index contributed by atoms with van der Waals surface area (Å²) in [7, 11) is 0. The second kappa shape index (κ2) is 6.75. The Morgan fingerprint density at radius 3 is 3.00 bits per heavy atom. The number of carbonyl (C=O) groups is 2. The Bertz CT molecular complexity index is 875. The molecule has 5 heteroatoms. The minimum absolute atomic E-state index is 0.0331. The SMILES string of the molecule is CC=CCN1C=C(c2cccc(C(=O)NC3CC3)c2)C2=CC=[NH+]C2C1=O. The second-order valence-corrected chi connectivity index (χ2v) is 6.82. The van der Waals surface area contributed by atoms with Crippen LogP contribution in [0.15, 0.2) is 54.3 Å². The minimum atomic E-state index is -0.357. The first-order valence-electron chi connectivity index (χ1n) is 9.02. The van der Waals surface area contributed by atoms with Gasteiger partial charge in [0.15, 0.2) is 6.21 Å². The number of fused-ring (bicyclic) bond motifs is 1. The fourth-order valence-corrected chi connectivity index (χ4v) is 3.26. The van der Waals surface area contributed by atoms with E-state index in [-0.39, 0.29) is 17.9 Å². The van der Waals surface area contributed by atoms with E-state index in [1.807, 2.05) is 61.8 Å². The Morgan fingerprint density at radius 1 is 1.38 bits per heavy atom. The lowest BCUT2D eigenvalue weighted by atomic mass is 9.90. The van der Waals surface area contributed by atoms with Crippen molar-refractivity contribution < 1.29 is 14.6 Å². The Kier molecular flexibility index (Phi) is 4.29. The van der Waals surface area contributed by atoms with Crippen molar-refractivity contribution in [3.05, 3.63) is 65.4 Å². The van der Waals surface area contributed by atoms with E-state index < -0.39 is 0 Å². The summed E-state index contributed by atoms with van der Waals surface area (Å²) < 4.78 is 0. The summed E-state index contributed by atoms with van der Waals surface area (Å²) in [5.41, 5.74) is 3.52. The second-order valence-electron chi connectivity index (χ2n) is 6.82. The van der Waals surface area contributed by atoms with Crippen LogP contribution in [0, 0.1) is 0 Å². The number of rotatable bonds is 5. The molecule has 0 saturated heterocycles. The van der Waals surface area contributed by atoms with Crippen LogP contribution in [0.2, 0.25) is 0 Å². The normalized spacial score (nSPS) is 21.7. The number of allylic oxidation sites excluding steroid dienone is 2. The van der Waals surface area contributed by atoms with Gasteiger partial charge in [0.1, 0.15) is 0 Å². The maximum Gasteiger partial charge on any atom is 0.300 e. The molecule has 4 rings (SSSR count).